The summed E-state index contributed by atoms with van der Waals surface area (Å²) in [5, 5.41) is 0. The van der Waals surface area contributed by atoms with Crippen LogP contribution in [0.5, 0.6) is 23.0 Å². The first-order chi connectivity index (χ1) is 16.4. The van der Waals surface area contributed by atoms with Gasteiger partial charge in [-0.2, -0.15) is 0 Å². The number of hydrogen-bond donors (Lipinski definition) is 1. The number of unbranched alkanes of at least 4 members (excludes halogenated alkanes) is 2. The van der Waals surface area contributed by atoms with Gasteiger partial charge in [0.1, 0.15) is 19.8 Å². The summed E-state index contributed by atoms with van der Waals surface area (Å²) in [7, 11) is -1.88. The Labute approximate surface area is 200 Å². The molecule has 2 heterocycles. The Bertz CT molecular complexity index is 1110. The van der Waals surface area contributed by atoms with Gasteiger partial charge in [-0.1, -0.05) is 18.6 Å². The van der Waals surface area contributed by atoms with E-state index in [-0.39, 0.29) is 16.9 Å². The van der Waals surface area contributed by atoms with Gasteiger partial charge in [-0.05, 0) is 37.1 Å². The number of fused-ring (bicyclic) bond motifs is 2. The first-order valence-corrected chi connectivity index (χ1v) is 12.9. The Balaban J connectivity index is 1.13. The van der Waals surface area contributed by atoms with Crippen LogP contribution in [-0.4, -0.2) is 65.3 Å². The fourth-order valence-corrected chi connectivity index (χ4v) is 4.90. The number of hydrogen-bond acceptors (Lipinski definition) is 7. The Morgan fingerprint density at radius 1 is 0.971 bits per heavy atom. The topological polar surface area (TPSA) is 103 Å². The third-order valence-electron chi connectivity index (χ3n) is 5.65. The number of benzene rings is 2. The molecule has 0 fully saturated rings. The van der Waals surface area contributed by atoms with Gasteiger partial charge in [-0.15, -0.1) is 0 Å². The first-order valence-electron chi connectivity index (χ1n) is 11.4. The molecular formula is C24H30N2O7S. The van der Waals surface area contributed by atoms with Crippen molar-refractivity contribution in [1.82, 2.24) is 9.62 Å². The molecule has 10 heteroatoms. The normalized spacial score (nSPS) is 16.7. The van der Waals surface area contributed by atoms with Crippen molar-refractivity contribution in [2.24, 2.45) is 0 Å². The third-order valence-corrected chi connectivity index (χ3v) is 7.11. The highest BCUT2D eigenvalue weighted by atomic mass is 32.2. The molecular weight excluding hydrogens is 460 g/mol. The van der Waals surface area contributed by atoms with Crippen LogP contribution in [0.15, 0.2) is 47.4 Å². The third kappa shape index (κ3) is 6.12. The molecule has 0 saturated carbocycles. The second-order valence-electron chi connectivity index (χ2n) is 8.29. The van der Waals surface area contributed by atoms with E-state index < -0.39 is 10.0 Å². The van der Waals surface area contributed by atoms with E-state index in [1.165, 1.54) is 12.1 Å². The minimum atomic E-state index is -3.63. The number of carbonyl (C=O) groups is 1. The van der Waals surface area contributed by atoms with E-state index in [0.29, 0.717) is 69.4 Å². The summed E-state index contributed by atoms with van der Waals surface area (Å²) >= 11 is 0. The van der Waals surface area contributed by atoms with E-state index in [4.69, 9.17) is 18.9 Å². The predicted octanol–water partition coefficient (Wildman–Crippen LogP) is 2.59. The molecule has 0 bridgehead atoms. The fourth-order valence-electron chi connectivity index (χ4n) is 3.81. The molecule has 0 radical (unpaired) electrons. The van der Waals surface area contributed by atoms with Crippen molar-refractivity contribution < 1.29 is 32.2 Å². The van der Waals surface area contributed by atoms with Crippen LogP contribution in [0.3, 0.4) is 0 Å². The van der Waals surface area contributed by atoms with E-state index in [0.717, 1.165) is 12.2 Å². The number of sulfonamides is 1. The Morgan fingerprint density at radius 3 is 2.53 bits per heavy atom. The lowest BCUT2D eigenvalue weighted by Gasteiger charge is -2.29. The maximum absolute atomic E-state index is 12.5. The second-order valence-corrected chi connectivity index (χ2v) is 10.1. The summed E-state index contributed by atoms with van der Waals surface area (Å²) in [6.07, 6.45) is 2.24. The summed E-state index contributed by atoms with van der Waals surface area (Å²) in [4.78, 5) is 14.3. The fraction of sp³-hybridized carbons (Fsp3) is 0.458. The molecule has 1 N–H and O–H groups in total. The number of para-hydroxylation sites is 2. The lowest BCUT2D eigenvalue weighted by atomic mass is 10.2. The standard InChI is InChI=1S/C24H30N2O7S/c1-26(16-18-17-32-20-7-4-5-8-22(20)33-18)24(27)9-3-2-6-12-25-34(28,29)19-10-11-21-23(15-19)31-14-13-30-21/h4-5,7-8,10-11,15,18,25H,2-3,6,9,12-14,16-17H2,1H3. The second kappa shape index (κ2) is 11.0. The molecule has 9 nitrogen and oxygen atoms in total. The molecule has 0 saturated heterocycles. The van der Waals surface area contributed by atoms with Crippen molar-refractivity contribution in [3.8, 4) is 23.0 Å². The van der Waals surface area contributed by atoms with Crippen LogP contribution in [0.25, 0.3) is 0 Å². The van der Waals surface area contributed by atoms with Crippen LogP contribution in [0, 0.1) is 0 Å². The van der Waals surface area contributed by atoms with Crippen molar-refractivity contribution in [3.05, 3.63) is 42.5 Å². The van der Waals surface area contributed by atoms with Crippen molar-refractivity contribution in [2.75, 3.05) is 40.0 Å². The van der Waals surface area contributed by atoms with Gasteiger partial charge in [0.25, 0.3) is 0 Å². The highest BCUT2D eigenvalue weighted by Crippen LogP contribution is 2.32. The molecule has 2 aromatic rings. The number of likely N-dealkylation sites (N-methyl/N-ethyl adjacent to an activating group) is 1. The molecule has 4 rings (SSSR count). The molecule has 2 aliphatic rings. The maximum Gasteiger partial charge on any atom is 0.240 e. The van der Waals surface area contributed by atoms with Gasteiger partial charge in [0.05, 0.1) is 11.4 Å². The number of nitrogens with zero attached hydrogens (tertiary/aromatic N) is 1. The molecule has 184 valence electrons. The van der Waals surface area contributed by atoms with Gasteiger partial charge < -0.3 is 23.8 Å². The van der Waals surface area contributed by atoms with Crippen molar-refractivity contribution >= 4 is 15.9 Å². The minimum Gasteiger partial charge on any atom is -0.486 e. The molecule has 2 aromatic carbocycles. The van der Waals surface area contributed by atoms with Crippen molar-refractivity contribution in [2.45, 2.75) is 36.7 Å². The number of nitrogens with one attached hydrogen (secondary N) is 1. The zero-order valence-electron chi connectivity index (χ0n) is 19.2. The smallest absolute Gasteiger partial charge is 0.240 e. The Morgan fingerprint density at radius 2 is 1.71 bits per heavy atom. The molecule has 1 atom stereocenters. The lowest BCUT2D eigenvalue weighted by Crippen LogP contribution is -2.41. The predicted molar refractivity (Wildman–Crippen MR) is 125 cm³/mol. The van der Waals surface area contributed by atoms with E-state index in [9.17, 15) is 13.2 Å². The molecule has 2 aliphatic heterocycles. The van der Waals surface area contributed by atoms with Gasteiger partial charge in [0.2, 0.25) is 15.9 Å². The monoisotopic (exact) mass is 490 g/mol. The molecule has 0 spiro atoms. The number of rotatable bonds is 10. The maximum atomic E-state index is 12.5. The molecule has 1 amide bonds. The average Bonchev–Trinajstić information content (AvgIpc) is 2.85. The van der Waals surface area contributed by atoms with Gasteiger partial charge >= 0.3 is 0 Å². The number of ether oxygens (including phenoxy) is 4. The van der Waals surface area contributed by atoms with Crippen LogP contribution in [-0.2, 0) is 14.8 Å². The van der Waals surface area contributed by atoms with E-state index >= 15 is 0 Å². The summed E-state index contributed by atoms with van der Waals surface area (Å²) < 4.78 is 50.1. The van der Waals surface area contributed by atoms with Crippen molar-refractivity contribution in [1.29, 1.82) is 0 Å². The average molecular weight is 491 g/mol. The van der Waals surface area contributed by atoms with E-state index in [2.05, 4.69) is 4.72 Å². The van der Waals surface area contributed by atoms with Crippen LogP contribution in [0.2, 0.25) is 0 Å². The van der Waals surface area contributed by atoms with Crippen LogP contribution < -0.4 is 23.7 Å². The zero-order chi connectivity index (χ0) is 24.0. The summed E-state index contributed by atoms with van der Waals surface area (Å²) in [5.74, 6) is 2.42. The molecule has 0 aliphatic carbocycles. The largest absolute Gasteiger partial charge is 0.486 e. The SMILES string of the molecule is CN(CC1COc2ccccc2O1)C(=O)CCCCCNS(=O)(=O)c1ccc2c(c1)OCCO2. The zero-order valence-corrected chi connectivity index (χ0v) is 20.0. The minimum absolute atomic E-state index is 0.0271. The van der Waals surface area contributed by atoms with Gasteiger partial charge in [-0.3, -0.25) is 4.79 Å². The lowest BCUT2D eigenvalue weighted by molar-refractivity contribution is -0.131. The Hall–Kier alpha value is -2.98. The highest BCUT2D eigenvalue weighted by Gasteiger charge is 2.23. The summed E-state index contributed by atoms with van der Waals surface area (Å²) in [6, 6.07) is 12.1. The quantitative estimate of drug-likeness (QED) is 0.511. The van der Waals surface area contributed by atoms with Crippen molar-refractivity contribution in [3.63, 3.8) is 0 Å². The number of amides is 1. The van der Waals surface area contributed by atoms with E-state index in [1.807, 2.05) is 24.3 Å². The highest BCUT2D eigenvalue weighted by molar-refractivity contribution is 7.89. The van der Waals surface area contributed by atoms with Crippen LogP contribution in [0.1, 0.15) is 25.7 Å². The van der Waals surface area contributed by atoms with Gasteiger partial charge in [-0.25, -0.2) is 13.1 Å². The van der Waals surface area contributed by atoms with E-state index in [1.54, 1.807) is 18.0 Å². The molecule has 34 heavy (non-hydrogen) atoms. The summed E-state index contributed by atoms with van der Waals surface area (Å²) in [6.45, 7) is 1.99. The molecule has 0 aromatic heterocycles. The summed E-state index contributed by atoms with van der Waals surface area (Å²) in [5.41, 5.74) is 0. The molecule has 1 unspecified atom stereocenters. The number of carbonyl (C=O) groups excluding carboxylic acids is 1. The van der Waals surface area contributed by atoms with Gasteiger partial charge in [0.15, 0.2) is 29.1 Å². The van der Waals surface area contributed by atoms with Gasteiger partial charge in [0, 0.05) is 26.1 Å². The Kier molecular flexibility index (Phi) is 7.79. The van der Waals surface area contributed by atoms with Crippen LogP contribution in [0.4, 0.5) is 0 Å². The van der Waals surface area contributed by atoms with Crippen LogP contribution >= 0.6 is 0 Å². The first kappa shape index (κ1) is 24.2.